The largest absolute Gasteiger partial charge is 0.496 e. The Morgan fingerprint density at radius 2 is 0.724 bits per heavy atom. The summed E-state index contributed by atoms with van der Waals surface area (Å²) in [7, 11) is 10.1. The Bertz CT molecular complexity index is 7870. The van der Waals surface area contributed by atoms with E-state index in [9.17, 15) is 24.0 Å². The number of carbonyl (C=O) groups is 5. The highest BCUT2D eigenvalue weighted by atomic mass is 35.5. The summed E-state index contributed by atoms with van der Waals surface area (Å²) in [5, 5.41) is 5.12. The standard InChI is InChI=1S/C22H25N7O2.C21H22N6O3.C21H22N6O2.C19H13ClN6O2.C17H15Cl2N7O/c1-12-10-25-16(13(2)18(12)31-5)11-29-20-17(19(28(3)4)26-22(23)27-20)15(21(29)30)9-14-7-6-8-24-14;1-11-9-24-15(12(2)17(11)29-3)10-27-18-16(19(30-4)26-21(22)25-18)14(20(27)28)8-13-6-5-7-23-13;1-11-9-24-16(12(2)18(11)29-4)10-27-19-17(13(3)25-21(22)26-19)15(20(27)28)8-14-6-5-7-23-14;20-16-15-11(8-10-4-3-7-22-10)18(27)26(17(15)25-19(21)24-16)9-14-23-12-5-1-2-6-13(12)28-14;1-2-25-7-11(18)12(24-25)8-26-15-13(14(19)22-17(20)23-15)10(16(26)27)6-9-4-3-5-21-9/h6-10,24H,11H2,1-5H3,(H2,23,26,27);5-9,23H,10H2,1-4H3,(H2,22,25,26);5-9,23H,10H2,1-4H3,(H2,22,25,26);1-8,22H,9H2,(H2,21,24,25);3-7,21H,2,8H2,1H3,(H2,20,22,23)/b15-9-;14-8-;15-8-;11-8-;10-6-. The Morgan fingerprint density at radius 3 is 1.09 bits per heavy atom. The Kier molecular flexibility index (Phi) is 28.2. The van der Waals surface area contributed by atoms with E-state index in [-0.39, 0.29) is 108 Å². The van der Waals surface area contributed by atoms with Gasteiger partial charge in [-0.2, -0.15) is 40.0 Å². The number of nitrogens with zero attached hydrogens (tertiary/aromatic N) is 22. The highest BCUT2D eigenvalue weighted by molar-refractivity contribution is 6.43. The van der Waals surface area contributed by atoms with Crippen molar-refractivity contribution in [2.45, 2.75) is 94.7 Å². The molecule has 1 aromatic carbocycles. The monoisotopic (exact) mass is 2010 g/mol. The molecule has 21 rings (SSSR count). The number of rotatable bonds is 21. The van der Waals surface area contributed by atoms with Crippen LogP contribution in [-0.2, 0) is 63.2 Å². The molecule has 15 N–H and O–H groups in total. The molecule has 16 aromatic rings. The van der Waals surface area contributed by atoms with Crippen molar-refractivity contribution in [1.29, 1.82) is 0 Å². The van der Waals surface area contributed by atoms with Gasteiger partial charge in [-0.25, -0.2) is 19.9 Å². The second-order valence-corrected chi connectivity index (χ2v) is 34.8. The number of aromatic amines is 5. The number of carbonyl (C=O) groups excluding carboxylic acids is 5. The quantitative estimate of drug-likeness (QED) is 0.0236. The Morgan fingerprint density at radius 1 is 0.386 bits per heavy atom. The zero-order valence-corrected chi connectivity index (χ0v) is 83.1. The molecule has 145 heavy (non-hydrogen) atoms. The minimum atomic E-state index is -0.284. The van der Waals surface area contributed by atoms with Crippen molar-refractivity contribution >= 4 is 198 Å². The number of nitrogens with two attached hydrogens (primary N) is 5. The molecule has 0 aliphatic carbocycles. The van der Waals surface area contributed by atoms with E-state index in [1.807, 2.05) is 184 Å². The summed E-state index contributed by atoms with van der Waals surface area (Å²) in [6, 6.07) is 26.0. The minimum absolute atomic E-state index is 0.0112. The minimum Gasteiger partial charge on any atom is -0.496 e. The lowest BCUT2D eigenvalue weighted by atomic mass is 10.1. The number of hydrogen-bond donors (Lipinski definition) is 10. The average molecular weight is 2010 g/mol. The van der Waals surface area contributed by atoms with E-state index in [4.69, 9.17) is 86.8 Å². The number of H-pyrrole nitrogens is 5. The van der Waals surface area contributed by atoms with E-state index in [0.29, 0.717) is 136 Å². The van der Waals surface area contributed by atoms with Gasteiger partial charge in [-0.1, -0.05) is 46.9 Å². The molecule has 0 saturated heterocycles. The molecule has 45 heteroatoms. The van der Waals surface area contributed by atoms with Gasteiger partial charge in [0.05, 0.1) is 138 Å². The van der Waals surface area contributed by atoms with Crippen LogP contribution in [0.4, 0.5) is 64.6 Å². The molecule has 0 radical (unpaired) electrons. The molecule has 738 valence electrons. The maximum absolute atomic E-state index is 13.6. The molecule has 0 unspecified atom stereocenters. The predicted molar refractivity (Wildman–Crippen MR) is 555 cm³/mol. The molecular weight excluding hydrogens is 1920 g/mol. The summed E-state index contributed by atoms with van der Waals surface area (Å²) in [5.74, 6) is 4.61. The number of para-hydroxylation sites is 2. The smallest absolute Gasteiger partial charge is 0.260 e. The third-order valence-electron chi connectivity index (χ3n) is 24.0. The fourth-order valence-corrected chi connectivity index (χ4v) is 18.0. The van der Waals surface area contributed by atoms with Gasteiger partial charge in [0.2, 0.25) is 41.5 Å². The number of anilines is 11. The van der Waals surface area contributed by atoms with Crippen LogP contribution in [0.2, 0.25) is 15.3 Å². The van der Waals surface area contributed by atoms with Crippen LogP contribution in [0.3, 0.4) is 0 Å². The first-order chi connectivity index (χ1) is 69.7. The van der Waals surface area contributed by atoms with Crippen molar-refractivity contribution in [1.82, 2.24) is 104 Å². The first kappa shape index (κ1) is 98.7. The lowest BCUT2D eigenvalue weighted by Gasteiger charge is -2.20. The molecule has 5 amide bonds. The van der Waals surface area contributed by atoms with Gasteiger partial charge in [0.15, 0.2) is 28.9 Å². The molecule has 0 spiro atoms. The number of fused-ring (bicyclic) bond motifs is 6. The van der Waals surface area contributed by atoms with Crippen LogP contribution in [0, 0.1) is 48.5 Å². The fourth-order valence-electron chi connectivity index (χ4n) is 17.3. The summed E-state index contributed by atoms with van der Waals surface area (Å²) >= 11 is 18.9. The van der Waals surface area contributed by atoms with Crippen molar-refractivity contribution in [3.63, 3.8) is 0 Å². The zero-order chi connectivity index (χ0) is 103. The van der Waals surface area contributed by atoms with Crippen LogP contribution in [-0.4, -0.2) is 177 Å². The van der Waals surface area contributed by atoms with Gasteiger partial charge in [-0.15, -0.1) is 0 Å². The van der Waals surface area contributed by atoms with Crippen LogP contribution in [0.25, 0.3) is 69.3 Å². The average Bonchev–Trinajstić information content (AvgIpc) is 1.59. The van der Waals surface area contributed by atoms with Crippen molar-refractivity contribution in [3.8, 4) is 23.1 Å². The van der Waals surface area contributed by atoms with Gasteiger partial charge in [-0.05, 0) is 159 Å². The number of halogens is 3. The van der Waals surface area contributed by atoms with Crippen LogP contribution >= 0.6 is 34.8 Å². The summed E-state index contributed by atoms with van der Waals surface area (Å²) in [5.41, 5.74) is 48.3. The Labute approximate surface area is 843 Å². The van der Waals surface area contributed by atoms with E-state index in [1.54, 1.807) is 97.4 Å². The molecule has 5 aliphatic heterocycles. The van der Waals surface area contributed by atoms with Crippen LogP contribution in [0.5, 0.6) is 23.1 Å². The highest BCUT2D eigenvalue weighted by Gasteiger charge is 2.44. The first-order valence-corrected chi connectivity index (χ1v) is 46.1. The van der Waals surface area contributed by atoms with E-state index < -0.39 is 0 Å². The molecule has 0 saturated carbocycles. The summed E-state index contributed by atoms with van der Waals surface area (Å²) < 4.78 is 29.4. The highest BCUT2D eigenvalue weighted by Crippen LogP contribution is 2.49. The van der Waals surface area contributed by atoms with Crippen molar-refractivity contribution < 1.29 is 47.3 Å². The molecule has 0 fully saturated rings. The number of benzene rings is 1. The number of nitrogens with one attached hydrogen (secondary N) is 5. The van der Waals surface area contributed by atoms with E-state index in [0.717, 1.165) is 90.5 Å². The van der Waals surface area contributed by atoms with E-state index in [1.165, 1.54) is 21.8 Å². The third-order valence-corrected chi connectivity index (χ3v) is 24.9. The number of hydrogen-bond acceptors (Lipinski definition) is 31. The van der Waals surface area contributed by atoms with E-state index in [2.05, 4.69) is 99.8 Å². The maximum atomic E-state index is 13.6. The van der Waals surface area contributed by atoms with Crippen molar-refractivity contribution in [2.24, 2.45) is 0 Å². The Balaban J connectivity index is 0.000000124. The molecular formula is C100H97Cl3N32O10. The van der Waals surface area contributed by atoms with Gasteiger partial charge in [0.25, 0.3) is 29.5 Å². The van der Waals surface area contributed by atoms with Gasteiger partial charge in [0, 0.05) is 138 Å². The van der Waals surface area contributed by atoms with Gasteiger partial charge >= 0.3 is 0 Å². The lowest BCUT2D eigenvalue weighted by molar-refractivity contribution is -0.113. The third kappa shape index (κ3) is 19.8. The van der Waals surface area contributed by atoms with Crippen molar-refractivity contribution in [2.75, 3.05) is 101 Å². The number of amides is 5. The van der Waals surface area contributed by atoms with Crippen LogP contribution < -0.4 is 77.0 Å². The number of aryl methyl sites for hydroxylation is 5. The molecule has 42 nitrogen and oxygen atoms in total. The number of nitrogen functional groups attached to an aromatic ring is 5. The molecule has 5 aliphatic rings. The first-order valence-electron chi connectivity index (χ1n) is 45.0. The van der Waals surface area contributed by atoms with Crippen LogP contribution in [0.15, 0.2) is 145 Å². The Hall–Kier alpha value is -17.9. The molecule has 20 heterocycles. The normalized spacial score (nSPS) is 14.6. The second kappa shape index (κ2) is 41.5. The van der Waals surface area contributed by atoms with Crippen LogP contribution in [0.1, 0.15) is 131 Å². The molecule has 0 bridgehead atoms. The van der Waals surface area contributed by atoms with Gasteiger partial charge in [0.1, 0.15) is 56.9 Å². The number of aromatic nitrogens is 21. The summed E-state index contributed by atoms with van der Waals surface area (Å²) in [6.07, 6.45) is 24.7. The number of ether oxygens (including phenoxy) is 4. The maximum Gasteiger partial charge on any atom is 0.260 e. The molecule has 0 atom stereocenters. The second-order valence-electron chi connectivity index (χ2n) is 33.7. The lowest BCUT2D eigenvalue weighted by Crippen LogP contribution is -2.27. The number of pyridine rings is 3. The summed E-state index contributed by atoms with van der Waals surface area (Å²) in [6.45, 7) is 17.0. The van der Waals surface area contributed by atoms with Gasteiger partial charge in [-0.3, -0.25) is 68.1 Å². The SMILES string of the molecule is CCn1cc(Cl)c(CN2C(=O)/C(=C\c3ccc[nH]3)c3c(Cl)nc(N)nc32)n1.COc1c(C)cnc(CN2C(=O)/C(=C\c3ccc[nH]3)c3c(C)nc(N)nc32)c1C.COc1c(C)cnc(CN2C(=O)/C(=C\c3ccc[nH]3)c3c(N(C)C)nc(N)nc32)c1C.COc1nc(N)nc2c1/C(=C/c1ccc[nH]1)C(=O)N2Cc1ncc(C)c(OC)c1C.Nc1nc(Cl)c2c(n1)N(Cc1nc3ccccc3o1)C(=O)/C2=C\c1ccc[nH]1. The topological polar surface area (TPSA) is 562 Å². The number of methoxy groups -OCH3 is 4. The van der Waals surface area contributed by atoms with Gasteiger partial charge < -0.3 is 81.9 Å². The van der Waals surface area contributed by atoms with Crippen molar-refractivity contribution in [3.05, 3.63) is 280 Å². The number of oxazole rings is 1. The van der Waals surface area contributed by atoms with E-state index >= 15 is 0 Å². The summed E-state index contributed by atoms with van der Waals surface area (Å²) in [4.78, 5) is 152. The fraction of sp³-hybridized carbons (Fsp3) is 0.200. The zero-order valence-electron chi connectivity index (χ0n) is 80.9. The predicted octanol–water partition coefficient (Wildman–Crippen LogP) is 14.1. The molecule has 15 aromatic heterocycles.